The maximum atomic E-state index is 13.0. The third kappa shape index (κ3) is 2.07. The van der Waals surface area contributed by atoms with E-state index in [0.29, 0.717) is 5.56 Å². The Hall–Kier alpha value is -1.03. The molecule has 1 aromatic carbocycles. The number of benzene rings is 1. The Morgan fingerprint density at radius 1 is 1.06 bits per heavy atom. The van der Waals surface area contributed by atoms with Gasteiger partial charge in [-0.25, -0.2) is 13.2 Å². The van der Waals surface area contributed by atoms with Gasteiger partial charge in [-0.15, -0.1) is 0 Å². The van der Waals surface area contributed by atoms with Crippen LogP contribution in [0, 0.1) is 23.4 Å². The second kappa shape index (κ2) is 4.45. The largest absolute Gasteiger partial charge is 0.324 e. The SMILES string of the molecule is N[C@H](c1cc(F)c(F)c(F)c1)C1CCCC1. The van der Waals surface area contributed by atoms with Gasteiger partial charge < -0.3 is 5.73 Å². The lowest BCUT2D eigenvalue weighted by Crippen LogP contribution is -2.19. The Labute approximate surface area is 92.5 Å². The van der Waals surface area contributed by atoms with Crippen molar-refractivity contribution in [1.82, 2.24) is 0 Å². The molecular formula is C12H14F3N. The van der Waals surface area contributed by atoms with Crippen LogP contribution in [0.2, 0.25) is 0 Å². The maximum Gasteiger partial charge on any atom is 0.194 e. The average Bonchev–Trinajstić information content (AvgIpc) is 2.77. The summed E-state index contributed by atoms with van der Waals surface area (Å²) in [7, 11) is 0. The molecule has 0 unspecified atom stereocenters. The van der Waals surface area contributed by atoms with Crippen LogP contribution in [0.5, 0.6) is 0 Å². The van der Waals surface area contributed by atoms with E-state index in [9.17, 15) is 13.2 Å². The van der Waals surface area contributed by atoms with E-state index in [4.69, 9.17) is 5.73 Å². The molecule has 2 N–H and O–H groups in total. The molecule has 88 valence electrons. The molecule has 1 saturated carbocycles. The Balaban J connectivity index is 2.26. The standard InChI is InChI=1S/C12H14F3N/c13-9-5-8(6-10(14)11(9)15)12(16)7-3-1-2-4-7/h5-7,12H,1-4,16H2/t12-/m0/s1. The average molecular weight is 229 g/mol. The lowest BCUT2D eigenvalue weighted by molar-refractivity contribution is 0.421. The number of rotatable bonds is 2. The van der Waals surface area contributed by atoms with Crippen molar-refractivity contribution in [3.63, 3.8) is 0 Å². The first-order valence-corrected chi connectivity index (χ1v) is 5.49. The molecular weight excluding hydrogens is 215 g/mol. The fourth-order valence-corrected chi connectivity index (χ4v) is 2.36. The van der Waals surface area contributed by atoms with Gasteiger partial charge in [0.1, 0.15) is 0 Å². The zero-order valence-corrected chi connectivity index (χ0v) is 8.85. The van der Waals surface area contributed by atoms with Crippen molar-refractivity contribution in [3.05, 3.63) is 35.1 Å². The Kier molecular flexibility index (Phi) is 3.19. The van der Waals surface area contributed by atoms with Crippen molar-refractivity contribution in [2.45, 2.75) is 31.7 Å². The fraction of sp³-hybridized carbons (Fsp3) is 0.500. The number of hydrogen-bond acceptors (Lipinski definition) is 1. The van der Waals surface area contributed by atoms with Crippen LogP contribution < -0.4 is 5.73 Å². The zero-order valence-electron chi connectivity index (χ0n) is 8.85. The lowest BCUT2D eigenvalue weighted by Gasteiger charge is -2.19. The van der Waals surface area contributed by atoms with Gasteiger partial charge in [0.15, 0.2) is 17.5 Å². The van der Waals surface area contributed by atoms with Crippen molar-refractivity contribution in [3.8, 4) is 0 Å². The van der Waals surface area contributed by atoms with Crippen LogP contribution in [0.25, 0.3) is 0 Å². The monoisotopic (exact) mass is 229 g/mol. The summed E-state index contributed by atoms with van der Waals surface area (Å²) in [6.45, 7) is 0. The number of halogens is 3. The lowest BCUT2D eigenvalue weighted by atomic mass is 9.92. The minimum Gasteiger partial charge on any atom is -0.324 e. The Bertz CT molecular complexity index is 363. The van der Waals surface area contributed by atoms with Gasteiger partial charge in [-0.3, -0.25) is 0 Å². The van der Waals surface area contributed by atoms with Crippen LogP contribution in [0.4, 0.5) is 13.2 Å². The quantitative estimate of drug-likeness (QED) is 0.774. The van der Waals surface area contributed by atoms with Crippen LogP contribution in [0.1, 0.15) is 37.3 Å². The van der Waals surface area contributed by atoms with Crippen molar-refractivity contribution in [2.75, 3.05) is 0 Å². The van der Waals surface area contributed by atoms with Gasteiger partial charge in [-0.1, -0.05) is 12.8 Å². The molecule has 1 atom stereocenters. The molecule has 2 rings (SSSR count). The molecule has 0 heterocycles. The van der Waals surface area contributed by atoms with Crippen LogP contribution in [0.3, 0.4) is 0 Å². The second-order valence-corrected chi connectivity index (χ2v) is 4.37. The van der Waals surface area contributed by atoms with E-state index in [1.54, 1.807) is 0 Å². The molecule has 0 aromatic heterocycles. The molecule has 1 aliphatic rings. The van der Waals surface area contributed by atoms with E-state index >= 15 is 0 Å². The van der Waals surface area contributed by atoms with Gasteiger partial charge in [-0.05, 0) is 36.5 Å². The van der Waals surface area contributed by atoms with Gasteiger partial charge in [0.05, 0.1) is 0 Å². The van der Waals surface area contributed by atoms with E-state index in [-0.39, 0.29) is 5.92 Å². The van der Waals surface area contributed by atoms with Gasteiger partial charge in [0, 0.05) is 6.04 Å². The van der Waals surface area contributed by atoms with E-state index in [2.05, 4.69) is 0 Å². The molecule has 1 nitrogen and oxygen atoms in total. The summed E-state index contributed by atoms with van der Waals surface area (Å²) in [4.78, 5) is 0. The van der Waals surface area contributed by atoms with Crippen molar-refractivity contribution in [1.29, 1.82) is 0 Å². The highest BCUT2D eigenvalue weighted by Gasteiger charge is 2.25. The molecule has 0 aliphatic heterocycles. The van der Waals surface area contributed by atoms with E-state index in [1.165, 1.54) is 0 Å². The minimum atomic E-state index is -1.43. The van der Waals surface area contributed by atoms with Gasteiger partial charge in [-0.2, -0.15) is 0 Å². The molecule has 0 saturated heterocycles. The molecule has 1 aromatic rings. The predicted molar refractivity (Wildman–Crippen MR) is 55.2 cm³/mol. The highest BCUT2D eigenvalue weighted by atomic mass is 19.2. The highest BCUT2D eigenvalue weighted by Crippen LogP contribution is 2.34. The van der Waals surface area contributed by atoms with Crippen LogP contribution in [0.15, 0.2) is 12.1 Å². The summed E-state index contributed by atoms with van der Waals surface area (Å²) >= 11 is 0. The summed E-state index contributed by atoms with van der Waals surface area (Å²) in [6, 6.07) is 1.61. The highest BCUT2D eigenvalue weighted by molar-refractivity contribution is 5.23. The van der Waals surface area contributed by atoms with Crippen molar-refractivity contribution in [2.24, 2.45) is 11.7 Å². The molecule has 4 heteroatoms. The third-order valence-corrected chi connectivity index (χ3v) is 3.30. The smallest absolute Gasteiger partial charge is 0.194 e. The topological polar surface area (TPSA) is 26.0 Å². The van der Waals surface area contributed by atoms with E-state index in [1.807, 2.05) is 0 Å². The summed E-state index contributed by atoms with van der Waals surface area (Å²) in [5, 5.41) is 0. The first-order valence-electron chi connectivity index (χ1n) is 5.49. The number of hydrogen-bond donors (Lipinski definition) is 1. The molecule has 0 amide bonds. The van der Waals surface area contributed by atoms with Crippen LogP contribution in [-0.2, 0) is 0 Å². The number of nitrogens with two attached hydrogens (primary N) is 1. The van der Waals surface area contributed by atoms with Gasteiger partial charge >= 0.3 is 0 Å². The zero-order chi connectivity index (χ0) is 11.7. The first kappa shape index (κ1) is 11.5. The van der Waals surface area contributed by atoms with Crippen molar-refractivity contribution >= 4 is 0 Å². The summed E-state index contributed by atoms with van der Waals surface area (Å²) in [5.41, 5.74) is 6.28. The summed E-state index contributed by atoms with van der Waals surface area (Å²) in [5.74, 6) is -3.50. The predicted octanol–water partition coefficient (Wildman–Crippen LogP) is 3.29. The molecule has 0 bridgehead atoms. The Morgan fingerprint density at radius 3 is 2.06 bits per heavy atom. The summed E-state index contributed by atoms with van der Waals surface area (Å²) < 4.78 is 38.8. The van der Waals surface area contributed by atoms with E-state index in [0.717, 1.165) is 37.8 Å². The molecule has 16 heavy (non-hydrogen) atoms. The van der Waals surface area contributed by atoms with Crippen molar-refractivity contribution < 1.29 is 13.2 Å². The molecule has 1 fully saturated rings. The van der Waals surface area contributed by atoms with Crippen LogP contribution in [-0.4, -0.2) is 0 Å². The Morgan fingerprint density at radius 2 is 1.56 bits per heavy atom. The summed E-state index contributed by atoms with van der Waals surface area (Å²) in [6.07, 6.45) is 4.15. The second-order valence-electron chi connectivity index (χ2n) is 4.37. The minimum absolute atomic E-state index is 0.254. The maximum absolute atomic E-state index is 13.0. The molecule has 0 spiro atoms. The molecule has 0 radical (unpaired) electrons. The third-order valence-electron chi connectivity index (χ3n) is 3.30. The fourth-order valence-electron chi connectivity index (χ4n) is 2.36. The first-order chi connectivity index (χ1) is 7.59. The van der Waals surface area contributed by atoms with E-state index < -0.39 is 23.5 Å². The molecule has 1 aliphatic carbocycles. The van der Waals surface area contributed by atoms with Gasteiger partial charge in [0.2, 0.25) is 0 Å². The normalized spacial score (nSPS) is 19.0. The van der Waals surface area contributed by atoms with Gasteiger partial charge in [0.25, 0.3) is 0 Å². The van der Waals surface area contributed by atoms with Crippen LogP contribution >= 0.6 is 0 Å².